The lowest BCUT2D eigenvalue weighted by molar-refractivity contribution is 0.453. The van der Waals surface area contributed by atoms with Crippen molar-refractivity contribution in [1.82, 2.24) is 20.2 Å². The van der Waals surface area contributed by atoms with Gasteiger partial charge in [-0.05, 0) is 51.4 Å². The van der Waals surface area contributed by atoms with Crippen molar-refractivity contribution < 1.29 is 0 Å². The Kier molecular flexibility index (Phi) is 4.33. The van der Waals surface area contributed by atoms with Crippen molar-refractivity contribution in [3.63, 3.8) is 0 Å². The van der Waals surface area contributed by atoms with E-state index in [2.05, 4.69) is 51.4 Å². The maximum Gasteiger partial charge on any atom is 0.106 e. The molecule has 4 heteroatoms. The molecule has 0 aliphatic carbocycles. The minimum atomic E-state index is 0.667. The van der Waals surface area contributed by atoms with Crippen molar-refractivity contribution in [2.45, 2.75) is 38.8 Å². The van der Waals surface area contributed by atoms with Crippen LogP contribution in [0.2, 0.25) is 0 Å². The van der Waals surface area contributed by atoms with E-state index in [-0.39, 0.29) is 0 Å². The molecule has 0 spiro atoms. The van der Waals surface area contributed by atoms with Gasteiger partial charge in [0.15, 0.2) is 0 Å². The van der Waals surface area contributed by atoms with E-state index < -0.39 is 0 Å². The van der Waals surface area contributed by atoms with E-state index in [1.807, 2.05) is 0 Å². The number of benzene rings is 1. The number of aryl methyl sites for hydroxylation is 1. The summed E-state index contributed by atoms with van der Waals surface area (Å²) in [5.41, 5.74) is 2.35. The number of hydrogen-bond donors (Lipinski definition) is 2. The normalized spacial score (nSPS) is 20.1. The Labute approximate surface area is 120 Å². The summed E-state index contributed by atoms with van der Waals surface area (Å²) in [6.45, 7) is 6.42. The Bertz CT molecular complexity index is 553. The van der Waals surface area contributed by atoms with Crippen molar-refractivity contribution in [3.8, 4) is 0 Å². The third-order valence-electron chi connectivity index (χ3n) is 4.19. The Balaban J connectivity index is 1.60. The second-order valence-electron chi connectivity index (χ2n) is 5.63. The maximum absolute atomic E-state index is 4.62. The zero-order valence-electron chi connectivity index (χ0n) is 12.2. The average molecular weight is 272 g/mol. The molecule has 20 heavy (non-hydrogen) atoms. The van der Waals surface area contributed by atoms with Crippen LogP contribution >= 0.6 is 0 Å². The van der Waals surface area contributed by atoms with Crippen LogP contribution in [0.5, 0.6) is 0 Å². The predicted molar refractivity (Wildman–Crippen MR) is 83.0 cm³/mol. The first-order valence-electron chi connectivity index (χ1n) is 7.70. The lowest BCUT2D eigenvalue weighted by Crippen LogP contribution is -2.32. The van der Waals surface area contributed by atoms with Crippen LogP contribution in [0.1, 0.15) is 25.1 Å². The SMILES string of the molecule is Cc1nc2ccccc2n1CCNC1CCCNCC1. The standard InChI is InChI=1S/C16H24N4/c1-13-19-15-6-2-3-7-16(15)20(13)12-11-18-14-5-4-9-17-10-8-14/h2-3,6-7,14,17-18H,4-5,8-12H2,1H3. The molecule has 1 aromatic carbocycles. The Morgan fingerprint density at radius 2 is 2.20 bits per heavy atom. The summed E-state index contributed by atoms with van der Waals surface area (Å²) in [6, 6.07) is 9.05. The molecule has 2 heterocycles. The summed E-state index contributed by atoms with van der Waals surface area (Å²) in [6.07, 6.45) is 3.81. The van der Waals surface area contributed by atoms with Crippen LogP contribution in [0, 0.1) is 6.92 Å². The van der Waals surface area contributed by atoms with Gasteiger partial charge in [-0.15, -0.1) is 0 Å². The Morgan fingerprint density at radius 3 is 3.15 bits per heavy atom. The van der Waals surface area contributed by atoms with Crippen molar-refractivity contribution in [1.29, 1.82) is 0 Å². The highest BCUT2D eigenvalue weighted by Crippen LogP contribution is 2.15. The first-order chi connectivity index (χ1) is 9.84. The first-order valence-corrected chi connectivity index (χ1v) is 7.70. The zero-order chi connectivity index (χ0) is 13.8. The third kappa shape index (κ3) is 3.02. The van der Waals surface area contributed by atoms with Crippen molar-refractivity contribution >= 4 is 11.0 Å². The van der Waals surface area contributed by atoms with E-state index in [0.717, 1.165) is 31.0 Å². The first kappa shape index (κ1) is 13.6. The monoisotopic (exact) mass is 272 g/mol. The molecular weight excluding hydrogens is 248 g/mol. The summed E-state index contributed by atoms with van der Waals surface area (Å²) in [4.78, 5) is 4.62. The number of rotatable bonds is 4. The summed E-state index contributed by atoms with van der Waals surface area (Å²) < 4.78 is 2.32. The molecule has 3 rings (SSSR count). The molecule has 4 nitrogen and oxygen atoms in total. The van der Waals surface area contributed by atoms with Gasteiger partial charge < -0.3 is 15.2 Å². The summed E-state index contributed by atoms with van der Waals surface area (Å²) in [7, 11) is 0. The number of aromatic nitrogens is 2. The number of fused-ring (bicyclic) bond motifs is 1. The Hall–Kier alpha value is -1.39. The number of para-hydroxylation sites is 2. The molecule has 108 valence electrons. The fourth-order valence-corrected chi connectivity index (χ4v) is 3.08. The van der Waals surface area contributed by atoms with Crippen LogP contribution in [0.25, 0.3) is 11.0 Å². The Morgan fingerprint density at radius 1 is 1.30 bits per heavy atom. The average Bonchev–Trinajstić information content (AvgIpc) is 2.65. The lowest BCUT2D eigenvalue weighted by atomic mass is 10.1. The molecule has 1 aliphatic rings. The van der Waals surface area contributed by atoms with E-state index in [1.54, 1.807) is 0 Å². The van der Waals surface area contributed by atoms with Gasteiger partial charge in [0.1, 0.15) is 5.82 Å². The van der Waals surface area contributed by atoms with E-state index >= 15 is 0 Å². The largest absolute Gasteiger partial charge is 0.327 e. The fourth-order valence-electron chi connectivity index (χ4n) is 3.08. The molecule has 0 amide bonds. The third-order valence-corrected chi connectivity index (χ3v) is 4.19. The number of nitrogens with zero attached hydrogens (tertiary/aromatic N) is 2. The molecular formula is C16H24N4. The molecule has 0 radical (unpaired) electrons. The number of imidazole rings is 1. The van der Waals surface area contributed by atoms with Crippen LogP contribution in [0.3, 0.4) is 0 Å². The maximum atomic E-state index is 4.62. The highest BCUT2D eigenvalue weighted by atomic mass is 15.1. The second-order valence-corrected chi connectivity index (χ2v) is 5.63. The van der Waals surface area contributed by atoms with E-state index in [1.165, 1.54) is 31.3 Å². The molecule has 0 bridgehead atoms. The highest BCUT2D eigenvalue weighted by molar-refractivity contribution is 5.75. The van der Waals surface area contributed by atoms with Gasteiger partial charge in [-0.2, -0.15) is 0 Å². The van der Waals surface area contributed by atoms with Gasteiger partial charge in [-0.25, -0.2) is 4.98 Å². The van der Waals surface area contributed by atoms with E-state index in [0.29, 0.717) is 6.04 Å². The van der Waals surface area contributed by atoms with Gasteiger partial charge >= 0.3 is 0 Å². The van der Waals surface area contributed by atoms with Crippen molar-refractivity contribution in [2.75, 3.05) is 19.6 Å². The van der Waals surface area contributed by atoms with Gasteiger partial charge in [0.2, 0.25) is 0 Å². The van der Waals surface area contributed by atoms with Crippen LogP contribution in [0.15, 0.2) is 24.3 Å². The van der Waals surface area contributed by atoms with Crippen LogP contribution in [-0.2, 0) is 6.54 Å². The molecule has 1 fully saturated rings. The molecule has 0 saturated carbocycles. The fraction of sp³-hybridized carbons (Fsp3) is 0.562. The lowest BCUT2D eigenvalue weighted by Gasteiger charge is -2.16. The number of nitrogens with one attached hydrogen (secondary N) is 2. The minimum Gasteiger partial charge on any atom is -0.327 e. The molecule has 2 N–H and O–H groups in total. The van der Waals surface area contributed by atoms with Crippen LogP contribution in [0.4, 0.5) is 0 Å². The van der Waals surface area contributed by atoms with E-state index in [4.69, 9.17) is 0 Å². The minimum absolute atomic E-state index is 0.667. The predicted octanol–water partition coefficient (Wildman–Crippen LogP) is 2.08. The molecule has 1 atom stereocenters. The summed E-state index contributed by atoms with van der Waals surface area (Å²) in [5.74, 6) is 1.11. The second kappa shape index (κ2) is 6.37. The van der Waals surface area contributed by atoms with E-state index in [9.17, 15) is 0 Å². The smallest absolute Gasteiger partial charge is 0.106 e. The number of hydrogen-bond acceptors (Lipinski definition) is 3. The van der Waals surface area contributed by atoms with Gasteiger partial charge in [0.25, 0.3) is 0 Å². The van der Waals surface area contributed by atoms with Crippen molar-refractivity contribution in [3.05, 3.63) is 30.1 Å². The zero-order valence-corrected chi connectivity index (χ0v) is 12.2. The molecule has 1 aliphatic heterocycles. The van der Waals surface area contributed by atoms with Crippen molar-refractivity contribution in [2.24, 2.45) is 0 Å². The summed E-state index contributed by atoms with van der Waals surface area (Å²) in [5, 5.41) is 7.16. The van der Waals surface area contributed by atoms with Crippen LogP contribution in [-0.4, -0.2) is 35.2 Å². The summed E-state index contributed by atoms with van der Waals surface area (Å²) >= 11 is 0. The topological polar surface area (TPSA) is 41.9 Å². The molecule has 1 unspecified atom stereocenters. The van der Waals surface area contributed by atoms with Crippen LogP contribution < -0.4 is 10.6 Å². The highest BCUT2D eigenvalue weighted by Gasteiger charge is 2.11. The van der Waals surface area contributed by atoms with Gasteiger partial charge in [0, 0.05) is 19.1 Å². The molecule has 1 saturated heterocycles. The van der Waals surface area contributed by atoms with Gasteiger partial charge in [-0.3, -0.25) is 0 Å². The quantitative estimate of drug-likeness (QED) is 0.895. The van der Waals surface area contributed by atoms with Gasteiger partial charge in [0.05, 0.1) is 11.0 Å². The molecule has 2 aromatic rings. The van der Waals surface area contributed by atoms with Gasteiger partial charge in [-0.1, -0.05) is 12.1 Å². The molecule has 1 aromatic heterocycles.